The van der Waals surface area contributed by atoms with Crippen molar-refractivity contribution in [2.75, 3.05) is 26.8 Å². The summed E-state index contributed by atoms with van der Waals surface area (Å²) < 4.78 is 51.5. The summed E-state index contributed by atoms with van der Waals surface area (Å²) in [5.74, 6) is -0.558. The van der Waals surface area contributed by atoms with Crippen LogP contribution in [0.4, 0.5) is 4.39 Å². The largest absolute Gasteiger partial charge is 0.497 e. The van der Waals surface area contributed by atoms with E-state index in [1.54, 1.807) is 29.2 Å². The number of amides is 2. The number of hydrogen-bond acceptors (Lipinski definition) is 7. The molecule has 4 rings (SSSR count). The van der Waals surface area contributed by atoms with Crippen molar-refractivity contribution < 1.29 is 31.9 Å². The van der Waals surface area contributed by atoms with Crippen molar-refractivity contribution in [1.82, 2.24) is 14.5 Å². The molecule has 1 fully saturated rings. The third-order valence-electron chi connectivity index (χ3n) is 7.08. The van der Waals surface area contributed by atoms with E-state index in [9.17, 15) is 22.4 Å². The third kappa shape index (κ3) is 7.99. The SMILES string of the molecule is COc1ccc(S(=O)(=O)NC(=O)Cc2cc(Cl)ccc2OCC(=O)N2C[C@H](C)N(Cc3ccc(F)cc3)C[C@H]2C)cc1. The molecule has 1 heterocycles. The van der Waals surface area contributed by atoms with Gasteiger partial charge < -0.3 is 14.4 Å². The maximum absolute atomic E-state index is 13.3. The van der Waals surface area contributed by atoms with Gasteiger partial charge in [0.25, 0.3) is 15.9 Å². The lowest BCUT2D eigenvalue weighted by Crippen LogP contribution is -2.58. The summed E-state index contributed by atoms with van der Waals surface area (Å²) in [6, 6.07) is 16.6. The Balaban J connectivity index is 1.36. The van der Waals surface area contributed by atoms with Gasteiger partial charge in [0.2, 0.25) is 5.91 Å². The summed E-state index contributed by atoms with van der Waals surface area (Å²) in [7, 11) is -2.66. The smallest absolute Gasteiger partial charge is 0.264 e. The van der Waals surface area contributed by atoms with Gasteiger partial charge in [-0.25, -0.2) is 17.5 Å². The van der Waals surface area contributed by atoms with Crippen LogP contribution in [0.25, 0.3) is 0 Å². The summed E-state index contributed by atoms with van der Waals surface area (Å²) in [4.78, 5) is 29.8. The van der Waals surface area contributed by atoms with Crippen molar-refractivity contribution in [3.05, 3.63) is 88.7 Å². The molecule has 0 radical (unpaired) electrons. The van der Waals surface area contributed by atoms with E-state index < -0.39 is 15.9 Å². The zero-order valence-electron chi connectivity index (χ0n) is 23.5. The summed E-state index contributed by atoms with van der Waals surface area (Å²) in [6.07, 6.45) is -0.338. The highest BCUT2D eigenvalue weighted by atomic mass is 35.5. The van der Waals surface area contributed by atoms with E-state index in [0.29, 0.717) is 36.0 Å². The van der Waals surface area contributed by atoms with Crippen molar-refractivity contribution in [2.24, 2.45) is 0 Å². The van der Waals surface area contributed by atoms with Gasteiger partial charge in [-0.3, -0.25) is 14.5 Å². The molecule has 1 aliphatic rings. The molecule has 0 bridgehead atoms. The van der Waals surface area contributed by atoms with Gasteiger partial charge in [-0.2, -0.15) is 0 Å². The summed E-state index contributed by atoms with van der Waals surface area (Å²) in [5, 5.41) is 0.328. The number of methoxy groups -OCH3 is 1. The lowest BCUT2D eigenvalue weighted by Gasteiger charge is -2.44. The van der Waals surface area contributed by atoms with Crippen LogP contribution in [0.2, 0.25) is 5.02 Å². The molecule has 1 N–H and O–H groups in total. The fraction of sp³-hybridized carbons (Fsp3) is 0.333. The molecular formula is C30H33ClFN3O6S. The van der Waals surface area contributed by atoms with E-state index in [0.717, 1.165) is 5.56 Å². The molecule has 0 spiro atoms. The molecule has 0 aromatic heterocycles. The quantitative estimate of drug-likeness (QED) is 0.366. The van der Waals surface area contributed by atoms with Crippen LogP contribution in [0.1, 0.15) is 25.0 Å². The summed E-state index contributed by atoms with van der Waals surface area (Å²) in [5.41, 5.74) is 1.33. The molecular weight excluding hydrogens is 585 g/mol. The Morgan fingerprint density at radius 1 is 1.00 bits per heavy atom. The van der Waals surface area contributed by atoms with Crippen LogP contribution in [0.5, 0.6) is 11.5 Å². The highest BCUT2D eigenvalue weighted by Gasteiger charge is 2.32. The molecule has 2 amide bonds. The fourth-order valence-electron chi connectivity index (χ4n) is 4.81. The van der Waals surface area contributed by atoms with Crippen LogP contribution in [-0.2, 0) is 32.6 Å². The van der Waals surface area contributed by atoms with Crippen LogP contribution in [-0.4, -0.2) is 68.9 Å². The minimum Gasteiger partial charge on any atom is -0.497 e. The van der Waals surface area contributed by atoms with E-state index in [2.05, 4.69) is 9.62 Å². The average molecular weight is 618 g/mol. The Morgan fingerprint density at radius 2 is 1.69 bits per heavy atom. The predicted octanol–water partition coefficient (Wildman–Crippen LogP) is 4.04. The number of nitrogens with one attached hydrogen (secondary N) is 1. The fourth-order valence-corrected chi connectivity index (χ4v) is 5.99. The van der Waals surface area contributed by atoms with E-state index in [1.165, 1.54) is 49.6 Å². The Bertz CT molecular complexity index is 1520. The molecule has 0 aliphatic carbocycles. The molecule has 9 nitrogen and oxygen atoms in total. The zero-order valence-corrected chi connectivity index (χ0v) is 25.1. The maximum atomic E-state index is 13.3. The van der Waals surface area contributed by atoms with E-state index in [1.807, 2.05) is 13.8 Å². The van der Waals surface area contributed by atoms with Crippen molar-refractivity contribution in [3.63, 3.8) is 0 Å². The number of halogens is 2. The average Bonchev–Trinajstić information content (AvgIpc) is 2.95. The number of nitrogens with zero attached hydrogens (tertiary/aromatic N) is 2. The number of piperazine rings is 1. The van der Waals surface area contributed by atoms with Crippen molar-refractivity contribution >= 4 is 33.4 Å². The first-order valence-electron chi connectivity index (χ1n) is 13.3. The predicted molar refractivity (Wildman–Crippen MR) is 156 cm³/mol. The van der Waals surface area contributed by atoms with Crippen LogP contribution in [0, 0.1) is 5.82 Å². The molecule has 224 valence electrons. The Labute approximate surface area is 250 Å². The minimum atomic E-state index is -4.12. The number of carbonyl (C=O) groups is 2. The highest BCUT2D eigenvalue weighted by molar-refractivity contribution is 7.90. The Kier molecular flexibility index (Phi) is 10.1. The van der Waals surface area contributed by atoms with E-state index >= 15 is 0 Å². The molecule has 42 heavy (non-hydrogen) atoms. The first kappa shape index (κ1) is 31.3. The second-order valence-electron chi connectivity index (χ2n) is 10.2. The number of hydrogen-bond donors (Lipinski definition) is 1. The normalized spacial score (nSPS) is 17.5. The van der Waals surface area contributed by atoms with Gasteiger partial charge in [0.05, 0.1) is 18.4 Å². The maximum Gasteiger partial charge on any atom is 0.264 e. The molecule has 3 aromatic carbocycles. The molecule has 12 heteroatoms. The highest BCUT2D eigenvalue weighted by Crippen LogP contribution is 2.25. The summed E-state index contributed by atoms with van der Waals surface area (Å²) in [6.45, 7) is 5.50. The zero-order chi connectivity index (χ0) is 30.4. The van der Waals surface area contributed by atoms with Gasteiger partial charge in [0.1, 0.15) is 17.3 Å². The number of ether oxygens (including phenoxy) is 2. The third-order valence-corrected chi connectivity index (χ3v) is 8.70. The molecule has 0 saturated carbocycles. The van der Waals surface area contributed by atoms with Gasteiger partial charge >= 0.3 is 0 Å². The van der Waals surface area contributed by atoms with Crippen LogP contribution in [0.15, 0.2) is 71.6 Å². The van der Waals surface area contributed by atoms with Gasteiger partial charge in [-0.05, 0) is 74.0 Å². The Hall–Kier alpha value is -3.67. The molecule has 2 atom stereocenters. The number of carbonyl (C=O) groups excluding carboxylic acids is 2. The molecule has 1 saturated heterocycles. The molecule has 0 unspecified atom stereocenters. The summed E-state index contributed by atoms with van der Waals surface area (Å²) >= 11 is 6.14. The van der Waals surface area contributed by atoms with E-state index in [4.69, 9.17) is 21.1 Å². The number of rotatable bonds is 10. The lowest BCUT2D eigenvalue weighted by atomic mass is 10.1. The van der Waals surface area contributed by atoms with Gasteiger partial charge in [-0.1, -0.05) is 23.7 Å². The van der Waals surface area contributed by atoms with Crippen LogP contribution in [0.3, 0.4) is 0 Å². The topological polar surface area (TPSA) is 105 Å². The van der Waals surface area contributed by atoms with Crippen molar-refractivity contribution in [1.29, 1.82) is 0 Å². The second-order valence-corrected chi connectivity index (χ2v) is 12.3. The van der Waals surface area contributed by atoms with Crippen molar-refractivity contribution in [3.8, 4) is 11.5 Å². The minimum absolute atomic E-state index is 0.0673. The van der Waals surface area contributed by atoms with Crippen molar-refractivity contribution in [2.45, 2.75) is 43.8 Å². The van der Waals surface area contributed by atoms with Crippen LogP contribution >= 0.6 is 11.6 Å². The first-order valence-corrected chi connectivity index (χ1v) is 15.2. The van der Waals surface area contributed by atoms with Gasteiger partial charge in [0, 0.05) is 42.3 Å². The van der Waals surface area contributed by atoms with Gasteiger partial charge in [0.15, 0.2) is 6.61 Å². The van der Waals surface area contributed by atoms with E-state index in [-0.39, 0.29) is 47.5 Å². The number of sulfonamides is 1. The number of benzene rings is 3. The monoisotopic (exact) mass is 617 g/mol. The molecule has 3 aromatic rings. The first-order chi connectivity index (χ1) is 19.9. The molecule has 1 aliphatic heterocycles. The van der Waals surface area contributed by atoms with Crippen LogP contribution < -0.4 is 14.2 Å². The Morgan fingerprint density at radius 3 is 2.36 bits per heavy atom. The second kappa shape index (κ2) is 13.5. The van der Waals surface area contributed by atoms with Gasteiger partial charge in [-0.15, -0.1) is 0 Å². The standard InChI is InChI=1S/C30H33ClFN3O6S/c1-20-17-35(21(2)16-34(20)18-22-4-7-25(32)8-5-22)30(37)19-41-28-13-6-24(31)14-23(28)15-29(36)33-42(38,39)27-11-9-26(40-3)10-12-27/h4-14,20-21H,15-19H2,1-3H3,(H,33,36)/t20-,21+/m0/s1. The lowest BCUT2D eigenvalue weighted by molar-refractivity contribution is -0.139.